The van der Waals surface area contributed by atoms with Gasteiger partial charge in [-0.2, -0.15) is 4.98 Å². The van der Waals surface area contributed by atoms with Gasteiger partial charge in [-0.25, -0.2) is 0 Å². The minimum Gasteiger partial charge on any atom is -0.339 e. The number of benzene rings is 1. The van der Waals surface area contributed by atoms with Crippen LogP contribution in [0.4, 0.5) is 0 Å². The van der Waals surface area contributed by atoms with Gasteiger partial charge in [-0.15, -0.1) is 0 Å². The van der Waals surface area contributed by atoms with E-state index in [0.29, 0.717) is 18.1 Å². The Labute approximate surface area is 108 Å². The third-order valence-electron chi connectivity index (χ3n) is 2.31. The molecular weight excluding hydrogens is 282 g/mol. The first-order valence-corrected chi connectivity index (χ1v) is 6.11. The molecule has 2 rings (SSSR count). The number of halogens is 1. The monoisotopic (exact) mass is 295 g/mol. The van der Waals surface area contributed by atoms with Crippen LogP contribution in [0.3, 0.4) is 0 Å². The van der Waals surface area contributed by atoms with Crippen molar-refractivity contribution in [3.63, 3.8) is 0 Å². The Balaban J connectivity index is 2.14. The quantitative estimate of drug-likeness (QED) is 0.945. The molecule has 1 aromatic heterocycles. The van der Waals surface area contributed by atoms with Gasteiger partial charge in [0.2, 0.25) is 5.89 Å². The Morgan fingerprint density at radius 2 is 1.94 bits per heavy atom. The molecule has 1 aromatic carbocycles. The van der Waals surface area contributed by atoms with Crippen LogP contribution in [0, 0.1) is 0 Å². The van der Waals surface area contributed by atoms with Gasteiger partial charge < -0.3 is 10.3 Å². The molecule has 0 atom stereocenters. The lowest BCUT2D eigenvalue weighted by Crippen LogP contribution is -2.30. The summed E-state index contributed by atoms with van der Waals surface area (Å²) in [6.45, 7) is 3.70. The largest absolute Gasteiger partial charge is 0.339 e. The van der Waals surface area contributed by atoms with Crippen molar-refractivity contribution in [1.82, 2.24) is 10.1 Å². The number of rotatable bonds is 3. The van der Waals surface area contributed by atoms with Crippen molar-refractivity contribution < 1.29 is 4.52 Å². The van der Waals surface area contributed by atoms with Crippen LogP contribution in [0.2, 0.25) is 0 Å². The van der Waals surface area contributed by atoms with Crippen LogP contribution < -0.4 is 5.73 Å². The first-order valence-electron chi connectivity index (χ1n) is 5.31. The van der Waals surface area contributed by atoms with Crippen molar-refractivity contribution >= 4 is 15.9 Å². The number of hydrogen-bond donors (Lipinski definition) is 1. The Hall–Kier alpha value is -1.20. The van der Waals surface area contributed by atoms with E-state index in [0.717, 1.165) is 10.0 Å². The first kappa shape index (κ1) is 12.3. The zero-order chi connectivity index (χ0) is 12.5. The molecule has 0 radical (unpaired) electrons. The lowest BCUT2D eigenvalue weighted by Gasteiger charge is -2.11. The van der Waals surface area contributed by atoms with Gasteiger partial charge in [0, 0.05) is 4.47 Å². The second-order valence-corrected chi connectivity index (χ2v) is 5.45. The summed E-state index contributed by atoms with van der Waals surface area (Å²) in [5, 5.41) is 3.88. The molecule has 0 unspecified atom stereocenters. The first-order chi connectivity index (χ1) is 7.95. The molecule has 0 fully saturated rings. The van der Waals surface area contributed by atoms with Gasteiger partial charge in [0.15, 0.2) is 5.82 Å². The van der Waals surface area contributed by atoms with Crippen LogP contribution in [-0.2, 0) is 12.0 Å². The predicted molar refractivity (Wildman–Crippen MR) is 68.5 cm³/mol. The van der Waals surface area contributed by atoms with E-state index < -0.39 is 5.54 Å². The van der Waals surface area contributed by atoms with E-state index in [2.05, 4.69) is 26.1 Å². The standard InChI is InChI=1S/C12H14BrN3O/c1-12(2,14)11-15-10(17-16-11)7-8-3-5-9(13)6-4-8/h3-6H,7,14H2,1-2H3. The van der Waals surface area contributed by atoms with Crippen molar-refractivity contribution in [1.29, 1.82) is 0 Å². The number of hydrogen-bond acceptors (Lipinski definition) is 4. The van der Waals surface area contributed by atoms with Gasteiger partial charge in [-0.05, 0) is 31.5 Å². The third kappa shape index (κ3) is 3.14. The molecule has 0 amide bonds. The van der Waals surface area contributed by atoms with E-state index in [1.165, 1.54) is 0 Å². The van der Waals surface area contributed by atoms with E-state index in [1.54, 1.807) is 0 Å². The molecule has 0 aliphatic rings. The molecule has 0 aliphatic carbocycles. The highest BCUT2D eigenvalue weighted by Gasteiger charge is 2.21. The molecule has 17 heavy (non-hydrogen) atoms. The van der Waals surface area contributed by atoms with Crippen molar-refractivity contribution in [3.05, 3.63) is 46.0 Å². The van der Waals surface area contributed by atoms with Gasteiger partial charge in [-0.1, -0.05) is 33.2 Å². The highest BCUT2D eigenvalue weighted by molar-refractivity contribution is 9.10. The maximum absolute atomic E-state index is 5.89. The summed E-state index contributed by atoms with van der Waals surface area (Å²) in [5.41, 5.74) is 6.45. The lowest BCUT2D eigenvalue weighted by atomic mass is 10.1. The fourth-order valence-electron chi connectivity index (χ4n) is 1.37. The minimum absolute atomic E-state index is 0.532. The summed E-state index contributed by atoms with van der Waals surface area (Å²) < 4.78 is 6.22. The number of nitrogens with zero attached hydrogens (tertiary/aromatic N) is 2. The van der Waals surface area contributed by atoms with Gasteiger partial charge >= 0.3 is 0 Å². The zero-order valence-electron chi connectivity index (χ0n) is 9.77. The average molecular weight is 296 g/mol. The Kier molecular flexibility index (Phi) is 3.31. The average Bonchev–Trinajstić information content (AvgIpc) is 2.69. The Bertz CT molecular complexity index is 499. The molecule has 2 aromatic rings. The van der Waals surface area contributed by atoms with Gasteiger partial charge in [0.05, 0.1) is 12.0 Å². The van der Waals surface area contributed by atoms with Crippen molar-refractivity contribution in [2.24, 2.45) is 5.73 Å². The van der Waals surface area contributed by atoms with Gasteiger partial charge in [0.25, 0.3) is 0 Å². The van der Waals surface area contributed by atoms with Crippen LogP contribution in [0.25, 0.3) is 0 Å². The summed E-state index contributed by atoms with van der Waals surface area (Å²) in [6, 6.07) is 8.00. The zero-order valence-corrected chi connectivity index (χ0v) is 11.4. The molecule has 0 saturated carbocycles. The second-order valence-electron chi connectivity index (χ2n) is 4.54. The van der Waals surface area contributed by atoms with E-state index in [4.69, 9.17) is 10.3 Å². The predicted octanol–water partition coefficient (Wildman–Crippen LogP) is 2.62. The molecule has 0 spiro atoms. The van der Waals surface area contributed by atoms with Crippen molar-refractivity contribution in [3.8, 4) is 0 Å². The van der Waals surface area contributed by atoms with Crippen molar-refractivity contribution in [2.75, 3.05) is 0 Å². The van der Waals surface area contributed by atoms with Gasteiger partial charge in [-0.3, -0.25) is 0 Å². The molecule has 2 N–H and O–H groups in total. The van der Waals surface area contributed by atoms with E-state index in [9.17, 15) is 0 Å². The minimum atomic E-state index is -0.568. The Morgan fingerprint density at radius 3 is 2.47 bits per heavy atom. The van der Waals surface area contributed by atoms with Crippen LogP contribution in [0.5, 0.6) is 0 Å². The van der Waals surface area contributed by atoms with E-state index >= 15 is 0 Å². The van der Waals surface area contributed by atoms with Gasteiger partial charge in [0.1, 0.15) is 0 Å². The fourth-order valence-corrected chi connectivity index (χ4v) is 1.63. The second kappa shape index (κ2) is 4.58. The fraction of sp³-hybridized carbons (Fsp3) is 0.333. The van der Waals surface area contributed by atoms with Crippen LogP contribution in [0.1, 0.15) is 31.1 Å². The lowest BCUT2D eigenvalue weighted by molar-refractivity contribution is 0.365. The SMILES string of the molecule is CC(C)(N)c1noc(Cc2ccc(Br)cc2)n1. The summed E-state index contributed by atoms with van der Waals surface area (Å²) in [5.74, 6) is 1.12. The number of aromatic nitrogens is 2. The molecule has 0 bridgehead atoms. The molecule has 1 heterocycles. The summed E-state index contributed by atoms with van der Waals surface area (Å²) >= 11 is 3.39. The summed E-state index contributed by atoms with van der Waals surface area (Å²) in [4.78, 5) is 4.28. The van der Waals surface area contributed by atoms with Crippen LogP contribution in [-0.4, -0.2) is 10.1 Å². The molecule has 0 aliphatic heterocycles. The molecule has 0 saturated heterocycles. The molecule has 90 valence electrons. The van der Waals surface area contributed by atoms with Crippen LogP contribution >= 0.6 is 15.9 Å². The molecule has 5 heteroatoms. The van der Waals surface area contributed by atoms with Crippen LogP contribution in [0.15, 0.2) is 33.3 Å². The van der Waals surface area contributed by atoms with Crippen molar-refractivity contribution in [2.45, 2.75) is 25.8 Å². The topological polar surface area (TPSA) is 64.9 Å². The highest BCUT2D eigenvalue weighted by Crippen LogP contribution is 2.16. The molecular formula is C12H14BrN3O. The summed E-state index contributed by atoms with van der Waals surface area (Å²) in [6.07, 6.45) is 0.621. The highest BCUT2D eigenvalue weighted by atomic mass is 79.9. The maximum atomic E-state index is 5.89. The number of nitrogens with two attached hydrogens (primary N) is 1. The van der Waals surface area contributed by atoms with E-state index in [-0.39, 0.29) is 0 Å². The molecule has 4 nitrogen and oxygen atoms in total. The van der Waals surface area contributed by atoms with E-state index in [1.807, 2.05) is 38.1 Å². The normalized spacial score (nSPS) is 11.8. The summed E-state index contributed by atoms with van der Waals surface area (Å²) in [7, 11) is 0. The smallest absolute Gasteiger partial charge is 0.231 e. The maximum Gasteiger partial charge on any atom is 0.231 e. The third-order valence-corrected chi connectivity index (χ3v) is 2.84. The Morgan fingerprint density at radius 1 is 1.29 bits per heavy atom.